The molecule has 0 aromatic rings. The summed E-state index contributed by atoms with van der Waals surface area (Å²) in [6, 6.07) is 0. The van der Waals surface area contributed by atoms with Crippen molar-refractivity contribution in [1.29, 1.82) is 0 Å². The Morgan fingerprint density at radius 3 is 2.40 bits per heavy atom. The fourth-order valence-electron chi connectivity index (χ4n) is 0.965. The average molecular weight is 235 g/mol. The fraction of sp³-hybridized carbons (Fsp3) is 1.00. The molecular formula is C8H18BNO4S. The van der Waals surface area contributed by atoms with Gasteiger partial charge in [0.15, 0.2) is 0 Å². The molecule has 0 aromatic heterocycles. The second-order valence-electron chi connectivity index (χ2n) is 3.90. The molecule has 0 spiro atoms. The summed E-state index contributed by atoms with van der Waals surface area (Å²) in [7, 11) is -3.64. The summed E-state index contributed by atoms with van der Waals surface area (Å²) in [5.41, 5.74) is 0. The number of nitrogens with one attached hydrogen (secondary N) is 1. The van der Waals surface area contributed by atoms with E-state index in [0.717, 1.165) is 6.42 Å². The van der Waals surface area contributed by atoms with E-state index in [9.17, 15) is 18.2 Å². The first-order valence-electron chi connectivity index (χ1n) is 4.97. The van der Waals surface area contributed by atoms with Crippen molar-refractivity contribution in [3.05, 3.63) is 0 Å². The molecule has 0 heterocycles. The molecule has 0 aliphatic heterocycles. The van der Waals surface area contributed by atoms with Gasteiger partial charge in [0, 0.05) is 0 Å². The van der Waals surface area contributed by atoms with Crippen molar-refractivity contribution < 1.29 is 18.2 Å². The first-order valence-corrected chi connectivity index (χ1v) is 6.68. The zero-order valence-corrected chi connectivity index (χ0v) is 9.96. The zero-order chi connectivity index (χ0) is 11.9. The third-order valence-corrected chi connectivity index (χ3v) is 3.02. The van der Waals surface area contributed by atoms with E-state index >= 15 is 0 Å². The van der Waals surface area contributed by atoms with Gasteiger partial charge in [-0.2, -0.15) is 0 Å². The monoisotopic (exact) mass is 235 g/mol. The topological polar surface area (TPSA) is 83.5 Å². The molecule has 0 radical (unpaired) electrons. The van der Waals surface area contributed by atoms with E-state index in [1.807, 2.05) is 0 Å². The summed E-state index contributed by atoms with van der Waals surface area (Å²) in [5.74, 6) is 0.218. The summed E-state index contributed by atoms with van der Waals surface area (Å²) in [6.45, 7) is 4.76. The number of hydrogen-bond acceptors (Lipinski definition) is 5. The second-order valence-corrected chi connectivity index (χ2v) is 5.83. The molecule has 2 N–H and O–H groups in total. The number of rotatable bonds is 8. The van der Waals surface area contributed by atoms with E-state index < -0.39 is 15.9 Å². The molecule has 1 atom stereocenters. The summed E-state index contributed by atoms with van der Waals surface area (Å²) < 4.78 is 31.6. The predicted molar refractivity (Wildman–Crippen MR) is 58.3 cm³/mol. The number of hydrogen-bond donors (Lipinski definition) is 2. The van der Waals surface area contributed by atoms with Crippen LogP contribution in [0.4, 0.5) is 0 Å². The second kappa shape index (κ2) is 7.08. The van der Waals surface area contributed by atoms with Crippen LogP contribution in [0.5, 0.6) is 0 Å². The molecule has 88 valence electrons. The van der Waals surface area contributed by atoms with Gasteiger partial charge in [-0.15, -0.1) is 0 Å². The SMILES string of the molecule is CC(C)CCNC(O)CCS(=O)(=O)B=O. The van der Waals surface area contributed by atoms with Gasteiger partial charge in [-0.3, -0.25) is 0 Å². The molecule has 0 aromatic carbocycles. The first-order chi connectivity index (χ1) is 6.87. The average Bonchev–Trinajstić information content (AvgIpc) is 2.14. The van der Waals surface area contributed by atoms with Crippen molar-refractivity contribution in [2.24, 2.45) is 5.92 Å². The molecule has 0 saturated carbocycles. The van der Waals surface area contributed by atoms with Crippen LogP contribution in [0.25, 0.3) is 0 Å². The van der Waals surface area contributed by atoms with E-state index in [2.05, 4.69) is 19.2 Å². The van der Waals surface area contributed by atoms with Crippen molar-refractivity contribution in [2.45, 2.75) is 32.9 Å². The van der Waals surface area contributed by atoms with Gasteiger partial charge in [0.05, 0.1) is 0 Å². The van der Waals surface area contributed by atoms with Crippen LogP contribution in [-0.2, 0) is 14.4 Å². The van der Waals surface area contributed by atoms with Crippen molar-refractivity contribution in [3.63, 3.8) is 0 Å². The van der Waals surface area contributed by atoms with Crippen LogP contribution in [-0.4, -0.2) is 38.5 Å². The standard InChI is InChI=1S/C8H18BNO4S/c1-7(2)3-5-10-8(11)4-6-15(13,14)9-12/h7-8,10-11H,3-6H2,1-2H3. The van der Waals surface area contributed by atoms with Crippen LogP contribution in [0, 0.1) is 5.92 Å². The predicted octanol–water partition coefficient (Wildman–Crippen LogP) is -0.290. The molecule has 0 fully saturated rings. The van der Waals surface area contributed by atoms with Crippen molar-refractivity contribution >= 4 is 16.1 Å². The normalized spacial score (nSPS) is 13.9. The maximum atomic E-state index is 10.8. The van der Waals surface area contributed by atoms with Gasteiger partial charge in [-0.05, 0) is 0 Å². The Morgan fingerprint density at radius 2 is 1.93 bits per heavy atom. The molecule has 0 saturated heterocycles. The Labute approximate surface area is 91.3 Å². The number of aliphatic hydroxyl groups is 1. The quantitative estimate of drug-likeness (QED) is 0.446. The van der Waals surface area contributed by atoms with Crippen LogP contribution < -0.4 is 5.32 Å². The molecule has 5 nitrogen and oxygen atoms in total. The van der Waals surface area contributed by atoms with Crippen LogP contribution in [0.3, 0.4) is 0 Å². The first kappa shape index (κ1) is 14.7. The van der Waals surface area contributed by atoms with Crippen molar-refractivity contribution in [2.75, 3.05) is 12.3 Å². The Morgan fingerprint density at radius 1 is 1.33 bits per heavy atom. The van der Waals surface area contributed by atoms with Crippen LogP contribution >= 0.6 is 0 Å². The number of aliphatic hydroxyl groups excluding tert-OH is 1. The Kier molecular flexibility index (Phi) is 6.96. The van der Waals surface area contributed by atoms with E-state index in [-0.39, 0.29) is 18.6 Å². The summed E-state index contributed by atoms with van der Waals surface area (Å²) in [4.78, 5) is 0. The van der Waals surface area contributed by atoms with Crippen LogP contribution in [0.2, 0.25) is 0 Å². The van der Waals surface area contributed by atoms with Crippen molar-refractivity contribution in [1.82, 2.24) is 5.32 Å². The zero-order valence-electron chi connectivity index (χ0n) is 9.14. The molecule has 7 heteroatoms. The maximum absolute atomic E-state index is 10.8. The van der Waals surface area contributed by atoms with Gasteiger partial charge in [-0.25, -0.2) is 0 Å². The minimum atomic E-state index is -3.64. The Balaban J connectivity index is 3.67. The summed E-state index contributed by atoms with van der Waals surface area (Å²) >= 11 is 0. The fourth-order valence-corrected chi connectivity index (χ4v) is 1.61. The summed E-state index contributed by atoms with van der Waals surface area (Å²) in [6.07, 6.45) is 0.0169. The minimum absolute atomic E-state index is 0.0408. The van der Waals surface area contributed by atoms with Gasteiger partial charge in [-0.1, -0.05) is 0 Å². The third kappa shape index (κ3) is 8.71. The third-order valence-electron chi connectivity index (χ3n) is 1.92. The van der Waals surface area contributed by atoms with E-state index in [0.29, 0.717) is 12.5 Å². The molecule has 0 rings (SSSR count). The molecule has 0 aliphatic carbocycles. The van der Waals surface area contributed by atoms with E-state index in [1.165, 1.54) is 0 Å². The van der Waals surface area contributed by atoms with E-state index in [4.69, 9.17) is 0 Å². The Bertz CT molecular complexity index is 278. The van der Waals surface area contributed by atoms with Crippen LogP contribution in [0.15, 0.2) is 0 Å². The van der Waals surface area contributed by atoms with Gasteiger partial charge >= 0.3 is 90.8 Å². The molecule has 1 unspecified atom stereocenters. The van der Waals surface area contributed by atoms with Gasteiger partial charge in [0.1, 0.15) is 0 Å². The molecule has 15 heavy (non-hydrogen) atoms. The van der Waals surface area contributed by atoms with Gasteiger partial charge in [0.2, 0.25) is 0 Å². The molecule has 0 bridgehead atoms. The summed E-state index contributed by atoms with van der Waals surface area (Å²) in [5, 5.41) is 12.1. The van der Waals surface area contributed by atoms with Crippen molar-refractivity contribution in [3.8, 4) is 0 Å². The van der Waals surface area contributed by atoms with Gasteiger partial charge in [0.25, 0.3) is 0 Å². The Hall–Kier alpha value is -0.265. The van der Waals surface area contributed by atoms with Gasteiger partial charge < -0.3 is 0 Å². The van der Waals surface area contributed by atoms with Crippen LogP contribution in [0.1, 0.15) is 26.7 Å². The molecular weight excluding hydrogens is 217 g/mol. The van der Waals surface area contributed by atoms with E-state index in [1.54, 1.807) is 0 Å². The molecule has 0 aliphatic rings. The molecule has 0 amide bonds.